The highest BCUT2D eigenvalue weighted by atomic mass is 16.5. The first-order valence-electron chi connectivity index (χ1n) is 7.23. The summed E-state index contributed by atoms with van der Waals surface area (Å²) in [5.74, 6) is 0.713. The van der Waals surface area contributed by atoms with E-state index in [1.807, 2.05) is 12.1 Å². The van der Waals surface area contributed by atoms with Gasteiger partial charge in [-0.15, -0.1) is 0 Å². The summed E-state index contributed by atoms with van der Waals surface area (Å²) in [6, 6.07) is 6.16. The van der Waals surface area contributed by atoms with Crippen LogP contribution in [0.1, 0.15) is 18.4 Å². The highest BCUT2D eigenvalue weighted by Crippen LogP contribution is 2.28. The van der Waals surface area contributed by atoms with Crippen molar-refractivity contribution < 1.29 is 9.53 Å². The molecule has 0 saturated carbocycles. The Kier molecular flexibility index (Phi) is 3.73. The minimum Gasteiger partial charge on any atom is -0.469 e. The summed E-state index contributed by atoms with van der Waals surface area (Å²) in [4.78, 5) is 22.7. The van der Waals surface area contributed by atoms with E-state index >= 15 is 0 Å². The SMILES string of the molecule is COC(=O)[C@@H]1CCCN(c2ncnc3ccc(C)cc23)C1. The first-order chi connectivity index (χ1) is 10.2. The van der Waals surface area contributed by atoms with E-state index in [0.29, 0.717) is 6.54 Å². The van der Waals surface area contributed by atoms with E-state index in [9.17, 15) is 4.79 Å². The zero-order valence-electron chi connectivity index (χ0n) is 12.4. The molecule has 0 amide bonds. The highest BCUT2D eigenvalue weighted by Gasteiger charge is 2.27. The molecule has 1 fully saturated rings. The van der Waals surface area contributed by atoms with Gasteiger partial charge in [-0.25, -0.2) is 9.97 Å². The molecule has 21 heavy (non-hydrogen) atoms. The third kappa shape index (κ3) is 2.68. The number of fused-ring (bicyclic) bond motifs is 1. The van der Waals surface area contributed by atoms with Crippen molar-refractivity contribution in [3.63, 3.8) is 0 Å². The van der Waals surface area contributed by atoms with Crippen molar-refractivity contribution in [3.05, 3.63) is 30.1 Å². The van der Waals surface area contributed by atoms with Gasteiger partial charge in [0.2, 0.25) is 0 Å². The lowest BCUT2D eigenvalue weighted by Crippen LogP contribution is -2.39. The van der Waals surface area contributed by atoms with E-state index in [1.54, 1.807) is 6.33 Å². The molecule has 1 aromatic carbocycles. The summed E-state index contributed by atoms with van der Waals surface area (Å²) < 4.78 is 4.88. The van der Waals surface area contributed by atoms with Gasteiger partial charge in [-0.1, -0.05) is 11.6 Å². The van der Waals surface area contributed by atoms with Crippen LogP contribution in [0.3, 0.4) is 0 Å². The molecule has 0 radical (unpaired) electrons. The second kappa shape index (κ2) is 5.68. The van der Waals surface area contributed by atoms with Gasteiger partial charge in [0, 0.05) is 18.5 Å². The number of methoxy groups -OCH3 is 1. The van der Waals surface area contributed by atoms with Gasteiger partial charge < -0.3 is 9.64 Å². The molecular formula is C16H19N3O2. The van der Waals surface area contributed by atoms with Crippen LogP contribution in [0.4, 0.5) is 5.82 Å². The lowest BCUT2D eigenvalue weighted by molar-refractivity contribution is -0.145. The fraction of sp³-hybridized carbons (Fsp3) is 0.438. The number of piperidine rings is 1. The highest BCUT2D eigenvalue weighted by molar-refractivity contribution is 5.90. The fourth-order valence-electron chi connectivity index (χ4n) is 2.94. The zero-order chi connectivity index (χ0) is 14.8. The van der Waals surface area contributed by atoms with Crippen LogP contribution in [-0.4, -0.2) is 36.1 Å². The molecule has 1 aliphatic rings. The number of hydrogen-bond acceptors (Lipinski definition) is 5. The van der Waals surface area contributed by atoms with E-state index in [2.05, 4.69) is 27.9 Å². The van der Waals surface area contributed by atoms with E-state index in [-0.39, 0.29) is 11.9 Å². The van der Waals surface area contributed by atoms with Crippen molar-refractivity contribution in [2.45, 2.75) is 19.8 Å². The number of rotatable bonds is 2. The molecule has 5 nitrogen and oxygen atoms in total. The molecule has 0 N–H and O–H groups in total. The number of anilines is 1. The van der Waals surface area contributed by atoms with Crippen LogP contribution >= 0.6 is 0 Å². The smallest absolute Gasteiger partial charge is 0.310 e. The minimum atomic E-state index is -0.130. The number of benzene rings is 1. The van der Waals surface area contributed by atoms with Gasteiger partial charge in [-0.3, -0.25) is 4.79 Å². The molecule has 1 aromatic heterocycles. The van der Waals surface area contributed by atoms with Crippen molar-refractivity contribution in [1.29, 1.82) is 0 Å². The number of ether oxygens (including phenoxy) is 1. The standard InChI is InChI=1S/C16H19N3O2/c1-11-5-6-14-13(8-11)15(18-10-17-14)19-7-3-4-12(9-19)16(20)21-2/h5-6,8,10,12H,3-4,7,9H2,1-2H3/t12-/m1/s1. The summed E-state index contributed by atoms with van der Waals surface area (Å²) in [5, 5.41) is 1.04. The van der Waals surface area contributed by atoms with Crippen LogP contribution in [0.5, 0.6) is 0 Å². The molecule has 0 aliphatic carbocycles. The molecule has 0 bridgehead atoms. The Morgan fingerprint density at radius 2 is 2.24 bits per heavy atom. The molecule has 2 aromatic rings. The Labute approximate surface area is 124 Å². The van der Waals surface area contributed by atoms with Crippen LogP contribution < -0.4 is 4.90 Å². The summed E-state index contributed by atoms with van der Waals surface area (Å²) in [7, 11) is 1.45. The fourth-order valence-corrected chi connectivity index (χ4v) is 2.94. The predicted octanol–water partition coefficient (Wildman–Crippen LogP) is 2.33. The number of nitrogens with zero attached hydrogens (tertiary/aromatic N) is 3. The van der Waals surface area contributed by atoms with Crippen molar-refractivity contribution in [2.75, 3.05) is 25.1 Å². The number of aryl methyl sites for hydroxylation is 1. The van der Waals surface area contributed by atoms with Crippen LogP contribution in [0, 0.1) is 12.8 Å². The average molecular weight is 285 g/mol. The third-order valence-corrected chi connectivity index (χ3v) is 4.03. The average Bonchev–Trinajstić information content (AvgIpc) is 2.53. The first-order valence-corrected chi connectivity index (χ1v) is 7.23. The van der Waals surface area contributed by atoms with Crippen LogP contribution in [0.15, 0.2) is 24.5 Å². The monoisotopic (exact) mass is 285 g/mol. The normalized spacial score (nSPS) is 18.8. The molecule has 1 aliphatic heterocycles. The molecule has 1 saturated heterocycles. The maximum atomic E-state index is 11.8. The quantitative estimate of drug-likeness (QED) is 0.793. The number of carbonyl (C=O) groups is 1. The predicted molar refractivity (Wildman–Crippen MR) is 81.2 cm³/mol. The number of hydrogen-bond donors (Lipinski definition) is 0. The second-order valence-corrected chi connectivity index (χ2v) is 5.53. The van der Waals surface area contributed by atoms with E-state index < -0.39 is 0 Å². The van der Waals surface area contributed by atoms with Gasteiger partial charge in [0.05, 0.1) is 18.5 Å². The molecular weight excluding hydrogens is 266 g/mol. The van der Waals surface area contributed by atoms with Gasteiger partial charge in [0.25, 0.3) is 0 Å². The lowest BCUT2D eigenvalue weighted by atomic mass is 9.98. The minimum absolute atomic E-state index is 0.0708. The van der Waals surface area contributed by atoms with Crippen LogP contribution in [0.25, 0.3) is 10.9 Å². The van der Waals surface area contributed by atoms with Gasteiger partial charge in [-0.05, 0) is 31.9 Å². The molecule has 0 spiro atoms. The van der Waals surface area contributed by atoms with Gasteiger partial charge in [0.15, 0.2) is 0 Å². The van der Waals surface area contributed by atoms with E-state index in [4.69, 9.17) is 4.74 Å². The molecule has 5 heteroatoms. The summed E-state index contributed by atoms with van der Waals surface area (Å²) in [5.41, 5.74) is 2.12. The molecule has 110 valence electrons. The number of carbonyl (C=O) groups excluding carboxylic acids is 1. The molecule has 1 atom stereocenters. The Hall–Kier alpha value is -2.17. The van der Waals surface area contributed by atoms with Crippen molar-refractivity contribution in [1.82, 2.24) is 9.97 Å². The lowest BCUT2D eigenvalue weighted by Gasteiger charge is -2.32. The summed E-state index contributed by atoms with van der Waals surface area (Å²) >= 11 is 0. The topological polar surface area (TPSA) is 55.3 Å². The van der Waals surface area contributed by atoms with Gasteiger partial charge in [0.1, 0.15) is 12.1 Å². The van der Waals surface area contributed by atoms with Gasteiger partial charge >= 0.3 is 5.97 Å². The van der Waals surface area contributed by atoms with Crippen molar-refractivity contribution >= 4 is 22.7 Å². The third-order valence-electron chi connectivity index (χ3n) is 4.03. The van der Waals surface area contributed by atoms with Crippen LogP contribution in [0.2, 0.25) is 0 Å². The van der Waals surface area contributed by atoms with Gasteiger partial charge in [-0.2, -0.15) is 0 Å². The summed E-state index contributed by atoms with van der Waals surface area (Å²) in [6.07, 6.45) is 3.44. The Balaban J connectivity index is 1.96. The second-order valence-electron chi connectivity index (χ2n) is 5.53. The first kappa shape index (κ1) is 13.8. The maximum absolute atomic E-state index is 11.8. The largest absolute Gasteiger partial charge is 0.469 e. The maximum Gasteiger partial charge on any atom is 0.310 e. The van der Waals surface area contributed by atoms with Crippen LogP contribution in [-0.2, 0) is 9.53 Å². The Morgan fingerprint density at radius 1 is 1.38 bits per heavy atom. The number of esters is 1. The van der Waals surface area contributed by atoms with E-state index in [0.717, 1.165) is 36.1 Å². The Bertz CT molecular complexity index is 672. The van der Waals surface area contributed by atoms with Crippen molar-refractivity contribution in [3.8, 4) is 0 Å². The van der Waals surface area contributed by atoms with Crippen molar-refractivity contribution in [2.24, 2.45) is 5.92 Å². The molecule has 3 rings (SSSR count). The Morgan fingerprint density at radius 3 is 3.05 bits per heavy atom. The molecule has 0 unspecified atom stereocenters. The number of aromatic nitrogens is 2. The summed E-state index contributed by atoms with van der Waals surface area (Å²) in [6.45, 7) is 3.63. The molecule has 2 heterocycles. The van der Waals surface area contributed by atoms with E-state index in [1.165, 1.54) is 12.7 Å². The zero-order valence-corrected chi connectivity index (χ0v) is 12.4.